The van der Waals surface area contributed by atoms with Gasteiger partial charge in [0.05, 0.1) is 6.61 Å². The molecule has 0 aliphatic carbocycles. The van der Waals surface area contributed by atoms with Crippen LogP contribution in [0.2, 0.25) is 0 Å². The van der Waals surface area contributed by atoms with E-state index in [1.165, 1.54) is 4.90 Å². The van der Waals surface area contributed by atoms with Gasteiger partial charge in [-0.15, -0.1) is 0 Å². The van der Waals surface area contributed by atoms with Crippen LogP contribution < -0.4 is 4.74 Å². The number of carbonyl (C=O) groups excluding carboxylic acids is 2. The second-order valence-corrected chi connectivity index (χ2v) is 6.11. The molecular weight excluding hydrogens is 270 g/mol. The number of amides is 1. The van der Waals surface area contributed by atoms with Crippen molar-refractivity contribution in [3.63, 3.8) is 0 Å². The standard InChI is InChI=1S/C16H21NO4/c1-16(2,3)21-15(19)17(4)13(10-18)12-7-5-6-11-8-9-20-14(11)12/h5-7,10,13H,8-9H2,1-4H3. The van der Waals surface area contributed by atoms with Crippen LogP contribution in [0, 0.1) is 0 Å². The molecule has 1 aliphatic rings. The van der Waals surface area contributed by atoms with E-state index < -0.39 is 17.7 Å². The van der Waals surface area contributed by atoms with Crippen molar-refractivity contribution in [3.8, 4) is 5.75 Å². The molecule has 0 bridgehead atoms. The van der Waals surface area contributed by atoms with Gasteiger partial charge in [0.15, 0.2) is 0 Å². The number of ether oxygens (including phenoxy) is 2. The van der Waals surface area contributed by atoms with E-state index in [4.69, 9.17) is 9.47 Å². The van der Waals surface area contributed by atoms with Crippen molar-refractivity contribution in [2.75, 3.05) is 13.7 Å². The quantitative estimate of drug-likeness (QED) is 0.804. The molecular formula is C16H21NO4. The van der Waals surface area contributed by atoms with Crippen molar-refractivity contribution in [1.29, 1.82) is 0 Å². The van der Waals surface area contributed by atoms with Gasteiger partial charge in [0.2, 0.25) is 0 Å². The molecule has 0 N–H and O–H groups in total. The highest BCUT2D eigenvalue weighted by Gasteiger charge is 2.29. The summed E-state index contributed by atoms with van der Waals surface area (Å²) in [6, 6.07) is 4.95. The van der Waals surface area contributed by atoms with Crippen LogP contribution in [0.25, 0.3) is 0 Å². The zero-order chi connectivity index (χ0) is 15.6. The SMILES string of the molecule is CN(C(=O)OC(C)(C)C)C(C=O)c1cccc2c1OCC2. The van der Waals surface area contributed by atoms with Gasteiger partial charge in [0.1, 0.15) is 23.7 Å². The number of hydrogen-bond donors (Lipinski definition) is 0. The predicted molar refractivity (Wildman–Crippen MR) is 78.4 cm³/mol. The summed E-state index contributed by atoms with van der Waals surface area (Å²) < 4.78 is 10.9. The third-order valence-corrected chi connectivity index (χ3v) is 3.29. The van der Waals surface area contributed by atoms with Crippen molar-refractivity contribution in [2.45, 2.75) is 38.8 Å². The van der Waals surface area contributed by atoms with Gasteiger partial charge >= 0.3 is 6.09 Å². The molecule has 5 heteroatoms. The van der Waals surface area contributed by atoms with Crippen molar-refractivity contribution in [1.82, 2.24) is 4.90 Å². The minimum Gasteiger partial charge on any atom is -0.493 e. The third kappa shape index (κ3) is 3.35. The number of hydrogen-bond acceptors (Lipinski definition) is 4. The summed E-state index contributed by atoms with van der Waals surface area (Å²) in [5, 5.41) is 0. The number of aldehydes is 1. The van der Waals surface area contributed by atoms with E-state index >= 15 is 0 Å². The Balaban J connectivity index is 2.26. The second-order valence-electron chi connectivity index (χ2n) is 6.11. The molecule has 0 radical (unpaired) electrons. The number of nitrogens with zero attached hydrogens (tertiary/aromatic N) is 1. The highest BCUT2D eigenvalue weighted by Crippen LogP contribution is 2.35. The molecule has 0 fully saturated rings. The monoisotopic (exact) mass is 291 g/mol. The van der Waals surface area contributed by atoms with Crippen LogP contribution in [-0.2, 0) is 16.0 Å². The van der Waals surface area contributed by atoms with Gasteiger partial charge < -0.3 is 14.3 Å². The lowest BCUT2D eigenvalue weighted by molar-refractivity contribution is -0.112. The van der Waals surface area contributed by atoms with Gasteiger partial charge in [-0.1, -0.05) is 18.2 Å². The highest BCUT2D eigenvalue weighted by molar-refractivity contribution is 5.75. The summed E-state index contributed by atoms with van der Waals surface area (Å²) in [6.45, 7) is 5.97. The van der Waals surface area contributed by atoms with E-state index in [0.717, 1.165) is 18.3 Å². The first-order chi connectivity index (χ1) is 9.83. The average molecular weight is 291 g/mol. The largest absolute Gasteiger partial charge is 0.493 e. The van der Waals surface area contributed by atoms with Gasteiger partial charge in [0, 0.05) is 19.0 Å². The van der Waals surface area contributed by atoms with Crippen LogP contribution in [0.4, 0.5) is 4.79 Å². The molecule has 114 valence electrons. The first-order valence-corrected chi connectivity index (χ1v) is 6.99. The second kappa shape index (κ2) is 5.76. The molecule has 0 saturated heterocycles. The fraction of sp³-hybridized carbons (Fsp3) is 0.500. The Morgan fingerprint density at radius 2 is 2.14 bits per heavy atom. The molecule has 1 amide bonds. The third-order valence-electron chi connectivity index (χ3n) is 3.29. The summed E-state index contributed by atoms with van der Waals surface area (Å²) in [6.07, 6.45) is 1.03. The summed E-state index contributed by atoms with van der Waals surface area (Å²) in [5.74, 6) is 0.713. The fourth-order valence-corrected chi connectivity index (χ4v) is 2.29. The number of rotatable bonds is 3. The number of benzene rings is 1. The normalized spacial score (nSPS) is 14.9. The maximum Gasteiger partial charge on any atom is 0.410 e. The number of carbonyl (C=O) groups is 2. The molecule has 2 rings (SSSR count). The van der Waals surface area contributed by atoms with E-state index in [1.807, 2.05) is 18.2 Å². The Morgan fingerprint density at radius 1 is 1.43 bits per heavy atom. The Bertz CT molecular complexity index is 548. The molecule has 1 atom stereocenters. The fourth-order valence-electron chi connectivity index (χ4n) is 2.29. The Kier molecular flexibility index (Phi) is 4.21. The lowest BCUT2D eigenvalue weighted by Gasteiger charge is -2.28. The van der Waals surface area contributed by atoms with Crippen LogP contribution in [0.1, 0.15) is 37.9 Å². The molecule has 5 nitrogen and oxygen atoms in total. The molecule has 1 heterocycles. The summed E-state index contributed by atoms with van der Waals surface area (Å²) in [4.78, 5) is 24.9. The van der Waals surface area contributed by atoms with E-state index in [1.54, 1.807) is 27.8 Å². The smallest absolute Gasteiger partial charge is 0.410 e. The lowest BCUT2D eigenvalue weighted by Crippen LogP contribution is -2.37. The molecule has 1 unspecified atom stereocenters. The summed E-state index contributed by atoms with van der Waals surface area (Å²) in [7, 11) is 1.56. The van der Waals surface area contributed by atoms with Gasteiger partial charge in [-0.2, -0.15) is 0 Å². The lowest BCUT2D eigenvalue weighted by atomic mass is 10.0. The van der Waals surface area contributed by atoms with E-state index in [2.05, 4.69) is 0 Å². The molecule has 0 spiro atoms. The maximum atomic E-state index is 12.1. The van der Waals surface area contributed by atoms with Gasteiger partial charge in [0.25, 0.3) is 0 Å². The molecule has 21 heavy (non-hydrogen) atoms. The molecule has 1 aliphatic heterocycles. The number of fused-ring (bicyclic) bond motifs is 1. The van der Waals surface area contributed by atoms with Gasteiger partial charge in [-0.05, 0) is 26.3 Å². The summed E-state index contributed by atoms with van der Waals surface area (Å²) in [5.41, 5.74) is 1.17. The van der Waals surface area contributed by atoms with E-state index in [9.17, 15) is 9.59 Å². The zero-order valence-electron chi connectivity index (χ0n) is 12.9. The van der Waals surface area contributed by atoms with Gasteiger partial charge in [-0.3, -0.25) is 4.90 Å². The van der Waals surface area contributed by atoms with Crippen LogP contribution >= 0.6 is 0 Å². The topological polar surface area (TPSA) is 55.8 Å². The van der Waals surface area contributed by atoms with Crippen molar-refractivity contribution >= 4 is 12.4 Å². The zero-order valence-corrected chi connectivity index (χ0v) is 12.9. The Morgan fingerprint density at radius 3 is 2.76 bits per heavy atom. The number of para-hydroxylation sites is 1. The van der Waals surface area contributed by atoms with Crippen LogP contribution in [0.5, 0.6) is 5.75 Å². The van der Waals surface area contributed by atoms with E-state index in [0.29, 0.717) is 17.9 Å². The predicted octanol–water partition coefficient (Wildman–Crippen LogP) is 2.73. The molecule has 0 aromatic heterocycles. The molecule has 1 aromatic carbocycles. The van der Waals surface area contributed by atoms with Crippen molar-refractivity contribution in [2.24, 2.45) is 0 Å². The first kappa shape index (κ1) is 15.4. The van der Waals surface area contributed by atoms with Crippen LogP contribution in [-0.4, -0.2) is 36.5 Å². The van der Waals surface area contributed by atoms with Crippen molar-refractivity contribution < 1.29 is 19.1 Å². The molecule has 0 saturated carbocycles. The average Bonchev–Trinajstić information content (AvgIpc) is 2.86. The molecule has 1 aromatic rings. The summed E-state index contributed by atoms with van der Waals surface area (Å²) >= 11 is 0. The Labute approximate surface area is 124 Å². The van der Waals surface area contributed by atoms with Gasteiger partial charge in [-0.25, -0.2) is 4.79 Å². The maximum absolute atomic E-state index is 12.1. The first-order valence-electron chi connectivity index (χ1n) is 6.99. The minimum atomic E-state index is -0.715. The van der Waals surface area contributed by atoms with Crippen LogP contribution in [0.3, 0.4) is 0 Å². The minimum absolute atomic E-state index is 0.532. The highest BCUT2D eigenvalue weighted by atomic mass is 16.6. The van der Waals surface area contributed by atoms with Crippen LogP contribution in [0.15, 0.2) is 18.2 Å². The Hall–Kier alpha value is -2.04. The van der Waals surface area contributed by atoms with E-state index in [-0.39, 0.29) is 0 Å². The van der Waals surface area contributed by atoms with Crippen molar-refractivity contribution in [3.05, 3.63) is 29.3 Å². The number of likely N-dealkylation sites (N-methyl/N-ethyl adjacent to an activating group) is 1.